The highest BCUT2D eigenvalue weighted by molar-refractivity contribution is 6.02. The lowest BCUT2D eigenvalue weighted by Gasteiger charge is -2.09. The third-order valence-electron chi connectivity index (χ3n) is 1.41. The SMILES string of the molecule is COC(=O)[C@H](N)C(=O)CC(C)C. The van der Waals surface area contributed by atoms with Crippen LogP contribution in [0.4, 0.5) is 0 Å². The van der Waals surface area contributed by atoms with Crippen molar-refractivity contribution in [1.82, 2.24) is 0 Å². The fraction of sp³-hybridized carbons (Fsp3) is 0.750. The van der Waals surface area contributed by atoms with Gasteiger partial charge >= 0.3 is 5.97 Å². The van der Waals surface area contributed by atoms with Crippen LogP contribution in [0.15, 0.2) is 0 Å². The molecule has 0 aliphatic rings. The standard InChI is InChI=1S/C8H15NO3/c1-5(2)4-6(10)7(9)8(11)12-3/h5,7H,4,9H2,1-3H3/t7-/m1/s1. The van der Waals surface area contributed by atoms with E-state index in [9.17, 15) is 9.59 Å². The Balaban J connectivity index is 4.01. The number of carbonyl (C=O) groups excluding carboxylic acids is 2. The van der Waals surface area contributed by atoms with Gasteiger partial charge in [0.25, 0.3) is 0 Å². The van der Waals surface area contributed by atoms with E-state index in [0.717, 1.165) is 0 Å². The van der Waals surface area contributed by atoms with Gasteiger partial charge in [-0.05, 0) is 5.92 Å². The van der Waals surface area contributed by atoms with E-state index in [4.69, 9.17) is 5.73 Å². The van der Waals surface area contributed by atoms with Crippen LogP contribution in [0.25, 0.3) is 0 Å². The molecule has 12 heavy (non-hydrogen) atoms. The fourth-order valence-electron chi connectivity index (χ4n) is 0.788. The van der Waals surface area contributed by atoms with E-state index in [2.05, 4.69) is 4.74 Å². The van der Waals surface area contributed by atoms with Crippen LogP contribution in [0.2, 0.25) is 0 Å². The third-order valence-corrected chi connectivity index (χ3v) is 1.41. The number of esters is 1. The van der Waals surface area contributed by atoms with E-state index in [1.54, 1.807) is 0 Å². The molecule has 0 bridgehead atoms. The normalized spacial score (nSPS) is 12.8. The molecule has 0 aromatic rings. The van der Waals surface area contributed by atoms with E-state index in [-0.39, 0.29) is 11.7 Å². The van der Waals surface area contributed by atoms with Crippen molar-refractivity contribution in [3.05, 3.63) is 0 Å². The van der Waals surface area contributed by atoms with Gasteiger partial charge in [-0.2, -0.15) is 0 Å². The molecule has 0 radical (unpaired) electrons. The molecule has 0 aromatic carbocycles. The van der Waals surface area contributed by atoms with Crippen LogP contribution in [0.5, 0.6) is 0 Å². The number of ether oxygens (including phenoxy) is 1. The summed E-state index contributed by atoms with van der Waals surface area (Å²) in [4.78, 5) is 21.9. The molecule has 4 heteroatoms. The average molecular weight is 173 g/mol. The second-order valence-corrected chi connectivity index (χ2v) is 3.07. The van der Waals surface area contributed by atoms with Gasteiger partial charge in [0, 0.05) is 6.42 Å². The molecule has 0 amide bonds. The molecule has 0 spiro atoms. The van der Waals surface area contributed by atoms with E-state index < -0.39 is 12.0 Å². The molecule has 0 unspecified atom stereocenters. The van der Waals surface area contributed by atoms with Crippen molar-refractivity contribution in [3.63, 3.8) is 0 Å². The molecular formula is C8H15NO3. The van der Waals surface area contributed by atoms with E-state index >= 15 is 0 Å². The summed E-state index contributed by atoms with van der Waals surface area (Å²) in [6.07, 6.45) is 0.316. The van der Waals surface area contributed by atoms with Crippen LogP contribution in [-0.2, 0) is 14.3 Å². The number of methoxy groups -OCH3 is 1. The van der Waals surface area contributed by atoms with Crippen molar-refractivity contribution >= 4 is 11.8 Å². The maximum Gasteiger partial charge on any atom is 0.330 e. The molecule has 0 rings (SSSR count). The average Bonchev–Trinajstić information content (AvgIpc) is 2.00. The number of rotatable bonds is 4. The Bertz CT molecular complexity index is 177. The third kappa shape index (κ3) is 3.48. The predicted molar refractivity (Wildman–Crippen MR) is 44.5 cm³/mol. The van der Waals surface area contributed by atoms with Gasteiger partial charge in [0.2, 0.25) is 0 Å². The second kappa shape index (κ2) is 4.87. The van der Waals surface area contributed by atoms with Gasteiger partial charge in [0.15, 0.2) is 11.8 Å². The van der Waals surface area contributed by atoms with Crippen molar-refractivity contribution < 1.29 is 14.3 Å². The highest BCUT2D eigenvalue weighted by Gasteiger charge is 2.22. The highest BCUT2D eigenvalue weighted by Crippen LogP contribution is 2.02. The smallest absolute Gasteiger partial charge is 0.330 e. The van der Waals surface area contributed by atoms with Crippen LogP contribution in [-0.4, -0.2) is 24.9 Å². The van der Waals surface area contributed by atoms with Crippen molar-refractivity contribution in [2.75, 3.05) is 7.11 Å². The summed E-state index contributed by atoms with van der Waals surface area (Å²) in [5.74, 6) is -0.717. The maximum atomic E-state index is 11.1. The lowest BCUT2D eigenvalue weighted by molar-refractivity contribution is -0.145. The van der Waals surface area contributed by atoms with Crippen LogP contribution >= 0.6 is 0 Å². The molecular weight excluding hydrogens is 158 g/mol. The minimum Gasteiger partial charge on any atom is -0.468 e. The summed E-state index contributed by atoms with van der Waals surface area (Å²) in [5, 5.41) is 0. The van der Waals surface area contributed by atoms with E-state index in [0.29, 0.717) is 6.42 Å². The molecule has 0 aliphatic carbocycles. The Morgan fingerprint density at radius 3 is 2.25 bits per heavy atom. The zero-order chi connectivity index (χ0) is 9.72. The highest BCUT2D eigenvalue weighted by atomic mass is 16.5. The number of ketones is 1. The van der Waals surface area contributed by atoms with Crippen molar-refractivity contribution in [1.29, 1.82) is 0 Å². The van der Waals surface area contributed by atoms with E-state index in [1.807, 2.05) is 13.8 Å². The van der Waals surface area contributed by atoms with Crippen LogP contribution in [0.1, 0.15) is 20.3 Å². The first-order valence-corrected chi connectivity index (χ1v) is 3.85. The number of carbonyl (C=O) groups is 2. The van der Waals surface area contributed by atoms with Gasteiger partial charge in [0.1, 0.15) is 0 Å². The fourth-order valence-corrected chi connectivity index (χ4v) is 0.788. The van der Waals surface area contributed by atoms with Gasteiger partial charge < -0.3 is 10.5 Å². The van der Waals surface area contributed by atoms with Crippen molar-refractivity contribution in [2.24, 2.45) is 11.7 Å². The lowest BCUT2D eigenvalue weighted by Crippen LogP contribution is -2.39. The summed E-state index contributed by atoms with van der Waals surface area (Å²) in [6.45, 7) is 3.78. The zero-order valence-corrected chi connectivity index (χ0v) is 7.66. The molecule has 0 aliphatic heterocycles. The summed E-state index contributed by atoms with van der Waals surface area (Å²) >= 11 is 0. The Hall–Kier alpha value is -0.900. The zero-order valence-electron chi connectivity index (χ0n) is 7.66. The van der Waals surface area contributed by atoms with Gasteiger partial charge in [-0.25, -0.2) is 4.79 Å². The minimum absolute atomic E-state index is 0.216. The van der Waals surface area contributed by atoms with Crippen LogP contribution < -0.4 is 5.73 Å². The molecule has 1 atom stereocenters. The lowest BCUT2D eigenvalue weighted by atomic mass is 10.0. The van der Waals surface area contributed by atoms with Crippen LogP contribution in [0.3, 0.4) is 0 Å². The van der Waals surface area contributed by atoms with E-state index in [1.165, 1.54) is 7.11 Å². The molecule has 0 fully saturated rings. The Morgan fingerprint density at radius 1 is 1.42 bits per heavy atom. The first-order chi connectivity index (χ1) is 5.49. The molecule has 70 valence electrons. The first kappa shape index (κ1) is 11.1. The Labute approximate surface area is 72.1 Å². The quantitative estimate of drug-likeness (QED) is 0.483. The Morgan fingerprint density at radius 2 is 1.92 bits per heavy atom. The molecule has 2 N–H and O–H groups in total. The van der Waals surface area contributed by atoms with Crippen molar-refractivity contribution in [2.45, 2.75) is 26.3 Å². The summed E-state index contributed by atoms with van der Waals surface area (Å²) in [7, 11) is 1.21. The second-order valence-electron chi connectivity index (χ2n) is 3.07. The predicted octanol–water partition coefficient (Wildman–Crippen LogP) is 0.102. The topological polar surface area (TPSA) is 69.4 Å². The molecule has 0 saturated carbocycles. The van der Waals surface area contributed by atoms with Crippen molar-refractivity contribution in [3.8, 4) is 0 Å². The molecule has 4 nitrogen and oxygen atoms in total. The van der Waals surface area contributed by atoms with Gasteiger partial charge in [0.05, 0.1) is 7.11 Å². The molecule has 0 heterocycles. The van der Waals surface area contributed by atoms with Crippen LogP contribution in [0, 0.1) is 5.92 Å². The molecule has 0 aromatic heterocycles. The van der Waals surface area contributed by atoms with Gasteiger partial charge in [-0.1, -0.05) is 13.8 Å². The number of hydrogen-bond acceptors (Lipinski definition) is 4. The Kier molecular flexibility index (Phi) is 4.51. The van der Waals surface area contributed by atoms with Gasteiger partial charge in [-0.15, -0.1) is 0 Å². The van der Waals surface area contributed by atoms with Gasteiger partial charge in [-0.3, -0.25) is 4.79 Å². The summed E-state index contributed by atoms with van der Waals surface area (Å²) < 4.78 is 4.33. The first-order valence-electron chi connectivity index (χ1n) is 3.85. The monoisotopic (exact) mass is 173 g/mol. The maximum absolute atomic E-state index is 11.1. The number of Topliss-reactive ketones (excluding diaryl/α,β-unsaturated/α-hetero) is 1. The largest absolute Gasteiger partial charge is 0.468 e. The number of nitrogens with two attached hydrogens (primary N) is 1. The summed E-state index contributed by atoms with van der Waals surface area (Å²) in [6, 6.07) is -1.11. The summed E-state index contributed by atoms with van der Waals surface area (Å²) in [5.41, 5.74) is 5.30. The minimum atomic E-state index is -1.11. The number of hydrogen-bond donors (Lipinski definition) is 1. The molecule has 0 saturated heterocycles.